The molecule has 2 heteroatoms. The maximum absolute atomic E-state index is 8.70. The van der Waals surface area contributed by atoms with Crippen molar-refractivity contribution in [3.05, 3.63) is 47.7 Å². The van der Waals surface area contributed by atoms with Gasteiger partial charge in [0, 0.05) is 12.0 Å². The fraction of sp³-hybridized carbons (Fsp3) is 0.600. The lowest BCUT2D eigenvalue weighted by molar-refractivity contribution is -0.467. The number of benzene rings is 1. The molecule has 1 aliphatic rings. The number of hydrogen-bond acceptors (Lipinski definition) is 1. The van der Waals surface area contributed by atoms with Crippen LogP contribution in [0, 0.1) is 28.1 Å². The third-order valence-electron chi connectivity index (χ3n) is 5.31. The summed E-state index contributed by atoms with van der Waals surface area (Å²) in [5.41, 5.74) is 3.39. The summed E-state index contributed by atoms with van der Waals surface area (Å²) >= 11 is 0. The first-order valence-electron chi connectivity index (χ1n) is 10.3. The average molecular weight is 366 g/mol. The van der Waals surface area contributed by atoms with Crippen molar-refractivity contribution in [2.24, 2.45) is 16.7 Å². The number of nitriles is 1. The van der Waals surface area contributed by atoms with Crippen LogP contribution in [0.1, 0.15) is 84.3 Å². The number of nitrogens with zero attached hydrogens (tertiary/aromatic N) is 2. The number of allylic oxidation sites excluding steroid dienone is 1. The zero-order chi connectivity index (χ0) is 20.1. The molecule has 0 aliphatic carbocycles. The number of hydrogen-bond donors (Lipinski definition) is 0. The SMILES string of the molecule is CC(C)(C)CC(c1cccc(C[N+]2=CC(CCCC#N)C=C2)c1)C(C)(C)C. The minimum atomic E-state index is 0.247. The predicted molar refractivity (Wildman–Crippen MR) is 115 cm³/mol. The van der Waals surface area contributed by atoms with Crippen LogP contribution in [0.5, 0.6) is 0 Å². The smallest absolute Gasteiger partial charge is 0.173 e. The highest BCUT2D eigenvalue weighted by Crippen LogP contribution is 2.43. The molecule has 2 unspecified atom stereocenters. The van der Waals surface area contributed by atoms with E-state index >= 15 is 0 Å². The predicted octanol–water partition coefficient (Wildman–Crippen LogP) is 6.67. The van der Waals surface area contributed by atoms with Crippen molar-refractivity contribution in [3.8, 4) is 6.07 Å². The van der Waals surface area contributed by atoms with Crippen LogP contribution in [-0.2, 0) is 6.54 Å². The fourth-order valence-corrected chi connectivity index (χ4v) is 3.91. The van der Waals surface area contributed by atoms with Crippen molar-refractivity contribution in [2.75, 3.05) is 0 Å². The molecule has 0 spiro atoms. The standard InChI is InChI=1S/C25H37N2/c1-24(2,3)17-23(25(4,5)6)22-12-9-11-21(16-22)19-27-15-13-20(18-27)10-7-8-14-26/h9,11-13,15-16,18,20,23H,7-8,10,17,19H2,1-6H3/q+1. The van der Waals surface area contributed by atoms with E-state index in [1.807, 2.05) is 0 Å². The number of unbranched alkanes of at least 4 members (excludes halogenated alkanes) is 1. The number of rotatable bonds is 7. The van der Waals surface area contributed by atoms with Crippen molar-refractivity contribution in [3.63, 3.8) is 0 Å². The van der Waals surface area contributed by atoms with Crippen LogP contribution in [0.4, 0.5) is 0 Å². The van der Waals surface area contributed by atoms with Crippen LogP contribution in [0.2, 0.25) is 0 Å². The molecule has 0 radical (unpaired) electrons. The van der Waals surface area contributed by atoms with E-state index in [1.54, 1.807) is 0 Å². The van der Waals surface area contributed by atoms with Crippen molar-refractivity contribution in [2.45, 2.75) is 79.7 Å². The van der Waals surface area contributed by atoms with Gasteiger partial charge in [-0.05, 0) is 53.7 Å². The summed E-state index contributed by atoms with van der Waals surface area (Å²) in [6, 6.07) is 11.4. The first-order chi connectivity index (χ1) is 12.6. The van der Waals surface area contributed by atoms with Crippen molar-refractivity contribution in [1.29, 1.82) is 5.26 Å². The van der Waals surface area contributed by atoms with Gasteiger partial charge in [0.15, 0.2) is 19.0 Å². The lowest BCUT2D eigenvalue weighted by Gasteiger charge is -2.36. The Morgan fingerprint density at radius 1 is 1.15 bits per heavy atom. The first kappa shape index (κ1) is 21.4. The van der Waals surface area contributed by atoms with E-state index < -0.39 is 0 Å². The third kappa shape index (κ3) is 6.98. The minimum Gasteiger partial charge on any atom is -0.204 e. The van der Waals surface area contributed by atoms with Crippen LogP contribution in [0.25, 0.3) is 0 Å². The summed E-state index contributed by atoms with van der Waals surface area (Å²) in [5, 5.41) is 8.70. The van der Waals surface area contributed by atoms with Gasteiger partial charge in [0.25, 0.3) is 0 Å². The second-order valence-corrected chi connectivity index (χ2v) is 10.3. The molecule has 0 aromatic heterocycles. The Hall–Kier alpha value is -1.88. The lowest BCUT2D eigenvalue weighted by Crippen LogP contribution is -2.24. The molecule has 1 aliphatic heterocycles. The summed E-state index contributed by atoms with van der Waals surface area (Å²) in [6.07, 6.45) is 10.7. The van der Waals surface area contributed by atoms with Gasteiger partial charge < -0.3 is 0 Å². The Morgan fingerprint density at radius 2 is 1.89 bits per heavy atom. The van der Waals surface area contributed by atoms with Crippen molar-refractivity contribution < 1.29 is 4.58 Å². The quantitative estimate of drug-likeness (QED) is 0.391. The molecule has 0 N–H and O–H groups in total. The van der Waals surface area contributed by atoms with E-state index in [1.165, 1.54) is 17.5 Å². The van der Waals surface area contributed by atoms with Crippen LogP contribution in [-0.4, -0.2) is 10.8 Å². The first-order valence-corrected chi connectivity index (χ1v) is 10.3. The molecule has 1 heterocycles. The molecule has 0 bridgehead atoms. The van der Waals surface area contributed by atoms with Gasteiger partial charge in [-0.25, -0.2) is 4.58 Å². The van der Waals surface area contributed by atoms with E-state index in [2.05, 4.69) is 94.9 Å². The average Bonchev–Trinajstić information content (AvgIpc) is 2.99. The summed E-state index contributed by atoms with van der Waals surface area (Å²) < 4.78 is 2.30. The van der Waals surface area contributed by atoms with E-state index in [0.717, 1.165) is 19.4 Å². The molecule has 0 amide bonds. The summed E-state index contributed by atoms with van der Waals surface area (Å²) in [6.45, 7) is 15.0. The van der Waals surface area contributed by atoms with Gasteiger partial charge in [0.2, 0.25) is 0 Å². The van der Waals surface area contributed by atoms with Crippen molar-refractivity contribution >= 4 is 6.21 Å². The van der Waals surface area contributed by atoms with E-state index in [9.17, 15) is 0 Å². The largest absolute Gasteiger partial charge is 0.204 e. The minimum absolute atomic E-state index is 0.247. The summed E-state index contributed by atoms with van der Waals surface area (Å²) in [7, 11) is 0. The molecule has 2 nitrogen and oxygen atoms in total. The van der Waals surface area contributed by atoms with Crippen LogP contribution < -0.4 is 0 Å². The normalized spacial score (nSPS) is 18.3. The monoisotopic (exact) mass is 365 g/mol. The van der Waals surface area contributed by atoms with Gasteiger partial charge in [0.1, 0.15) is 0 Å². The van der Waals surface area contributed by atoms with Gasteiger partial charge in [-0.15, -0.1) is 0 Å². The molecule has 0 fully saturated rings. The second kappa shape index (κ2) is 8.87. The van der Waals surface area contributed by atoms with E-state index in [4.69, 9.17) is 5.26 Å². The zero-order valence-corrected chi connectivity index (χ0v) is 18.1. The molecule has 1 aromatic carbocycles. The molecule has 146 valence electrons. The summed E-state index contributed by atoms with van der Waals surface area (Å²) in [4.78, 5) is 0. The molecule has 1 aromatic rings. The molecular formula is C25H37N2+. The Labute approximate surface area is 166 Å². The van der Waals surface area contributed by atoms with Gasteiger partial charge in [-0.3, -0.25) is 0 Å². The van der Waals surface area contributed by atoms with Crippen LogP contribution in [0.15, 0.2) is 36.5 Å². The highest BCUT2D eigenvalue weighted by Gasteiger charge is 2.30. The highest BCUT2D eigenvalue weighted by atomic mass is 15.0. The highest BCUT2D eigenvalue weighted by molar-refractivity contribution is 5.60. The molecule has 2 atom stereocenters. The summed E-state index contributed by atoms with van der Waals surface area (Å²) in [5.74, 6) is 1.03. The van der Waals surface area contributed by atoms with Gasteiger partial charge in [-0.1, -0.05) is 59.7 Å². The second-order valence-electron chi connectivity index (χ2n) is 10.3. The third-order valence-corrected chi connectivity index (χ3v) is 5.31. The Morgan fingerprint density at radius 3 is 2.52 bits per heavy atom. The van der Waals surface area contributed by atoms with Gasteiger partial charge in [-0.2, -0.15) is 5.26 Å². The topological polar surface area (TPSA) is 26.8 Å². The Bertz CT molecular complexity index is 720. The van der Waals surface area contributed by atoms with Gasteiger partial charge in [0.05, 0.1) is 12.0 Å². The maximum atomic E-state index is 8.70. The van der Waals surface area contributed by atoms with E-state index in [0.29, 0.717) is 23.7 Å². The fourth-order valence-electron chi connectivity index (χ4n) is 3.91. The Kier molecular flexibility index (Phi) is 7.04. The molecule has 27 heavy (non-hydrogen) atoms. The van der Waals surface area contributed by atoms with E-state index in [-0.39, 0.29) is 5.41 Å². The van der Waals surface area contributed by atoms with Crippen LogP contribution >= 0.6 is 0 Å². The molecule has 2 rings (SSSR count). The Balaban J connectivity index is 2.12. The molecule has 0 saturated carbocycles. The molecular weight excluding hydrogens is 328 g/mol. The molecule has 0 saturated heterocycles. The maximum Gasteiger partial charge on any atom is 0.173 e. The van der Waals surface area contributed by atoms with Gasteiger partial charge >= 0.3 is 0 Å². The lowest BCUT2D eigenvalue weighted by atomic mass is 9.69. The van der Waals surface area contributed by atoms with Crippen LogP contribution in [0.3, 0.4) is 0 Å². The zero-order valence-electron chi connectivity index (χ0n) is 18.1. The van der Waals surface area contributed by atoms with Crippen molar-refractivity contribution in [1.82, 2.24) is 0 Å².